The molecule has 0 spiro atoms. The molecule has 25 heavy (non-hydrogen) atoms. The molecule has 3 rings (SSSR count). The third kappa shape index (κ3) is 4.09. The maximum atomic E-state index is 12.1. The van der Waals surface area contributed by atoms with Crippen molar-refractivity contribution >= 4 is 11.7 Å². The summed E-state index contributed by atoms with van der Waals surface area (Å²) >= 11 is 0. The number of fused-ring (bicyclic) bond motifs is 1. The summed E-state index contributed by atoms with van der Waals surface area (Å²) < 4.78 is 16.1. The van der Waals surface area contributed by atoms with Gasteiger partial charge in [-0.2, -0.15) is 0 Å². The van der Waals surface area contributed by atoms with Crippen molar-refractivity contribution in [1.82, 2.24) is 5.32 Å². The molecule has 6 nitrogen and oxygen atoms in total. The molecule has 130 valence electrons. The van der Waals surface area contributed by atoms with Crippen LogP contribution < -0.4 is 19.5 Å². The summed E-state index contributed by atoms with van der Waals surface area (Å²) in [6.45, 7) is 3.50. The first-order chi connectivity index (χ1) is 12.0. The number of rotatable bonds is 6. The Morgan fingerprint density at radius 2 is 1.84 bits per heavy atom. The lowest BCUT2D eigenvalue weighted by atomic mass is 10.1. The molecular formula is C19H19NO5. The minimum Gasteiger partial charge on any atom is -0.484 e. The molecule has 1 heterocycles. The lowest BCUT2D eigenvalue weighted by molar-refractivity contribution is -0.123. The number of ether oxygens (including phenoxy) is 3. The van der Waals surface area contributed by atoms with Crippen molar-refractivity contribution in [3.8, 4) is 17.2 Å². The SMILES string of the molecule is CC(=O)c1ccc(OCC(=O)N[C@@H](C)c2ccc3c(c2)OCO3)cc1. The van der Waals surface area contributed by atoms with Crippen molar-refractivity contribution in [1.29, 1.82) is 0 Å². The highest BCUT2D eigenvalue weighted by Gasteiger charge is 2.17. The molecule has 0 aromatic heterocycles. The van der Waals surface area contributed by atoms with Gasteiger partial charge in [0.25, 0.3) is 5.91 Å². The molecule has 1 aliphatic rings. The van der Waals surface area contributed by atoms with Gasteiger partial charge in [0.1, 0.15) is 5.75 Å². The van der Waals surface area contributed by atoms with Gasteiger partial charge < -0.3 is 19.5 Å². The van der Waals surface area contributed by atoms with Gasteiger partial charge in [-0.1, -0.05) is 6.07 Å². The first-order valence-electron chi connectivity index (χ1n) is 7.95. The van der Waals surface area contributed by atoms with Crippen molar-refractivity contribution in [2.45, 2.75) is 19.9 Å². The third-order valence-corrected chi connectivity index (χ3v) is 3.90. The zero-order valence-electron chi connectivity index (χ0n) is 14.1. The number of ketones is 1. The van der Waals surface area contributed by atoms with Crippen LogP contribution in [0.25, 0.3) is 0 Å². The number of carbonyl (C=O) groups is 2. The Labute approximate surface area is 145 Å². The maximum Gasteiger partial charge on any atom is 0.258 e. The highest BCUT2D eigenvalue weighted by molar-refractivity contribution is 5.94. The number of benzene rings is 2. The molecule has 6 heteroatoms. The number of amides is 1. The Morgan fingerprint density at radius 1 is 1.12 bits per heavy atom. The normalized spacial score (nSPS) is 13.2. The molecule has 0 unspecified atom stereocenters. The van der Waals surface area contributed by atoms with E-state index in [1.54, 1.807) is 24.3 Å². The number of carbonyl (C=O) groups excluding carboxylic acids is 2. The van der Waals surface area contributed by atoms with E-state index in [9.17, 15) is 9.59 Å². The zero-order chi connectivity index (χ0) is 17.8. The second kappa shape index (κ2) is 7.25. The van der Waals surface area contributed by atoms with Crippen molar-refractivity contribution in [3.05, 3.63) is 53.6 Å². The van der Waals surface area contributed by atoms with Crippen molar-refractivity contribution in [3.63, 3.8) is 0 Å². The van der Waals surface area contributed by atoms with Gasteiger partial charge in [-0.05, 0) is 55.8 Å². The molecule has 1 atom stereocenters. The van der Waals surface area contributed by atoms with E-state index < -0.39 is 0 Å². The Balaban J connectivity index is 1.52. The monoisotopic (exact) mass is 341 g/mol. The fraction of sp³-hybridized carbons (Fsp3) is 0.263. The summed E-state index contributed by atoms with van der Waals surface area (Å²) in [5.41, 5.74) is 1.52. The molecule has 1 amide bonds. The van der Waals surface area contributed by atoms with Crippen molar-refractivity contribution < 1.29 is 23.8 Å². The summed E-state index contributed by atoms with van der Waals surface area (Å²) in [7, 11) is 0. The Hall–Kier alpha value is -3.02. The second-order valence-corrected chi connectivity index (χ2v) is 5.77. The van der Waals surface area contributed by atoms with Gasteiger partial charge in [-0.3, -0.25) is 9.59 Å². The number of hydrogen-bond donors (Lipinski definition) is 1. The molecule has 2 aromatic carbocycles. The Kier molecular flexibility index (Phi) is 4.88. The van der Waals surface area contributed by atoms with Crippen LogP contribution in [0.15, 0.2) is 42.5 Å². The minimum atomic E-state index is -0.235. The molecule has 0 saturated carbocycles. The predicted octanol–water partition coefficient (Wildman–Crippen LogP) is 2.87. The lowest BCUT2D eigenvalue weighted by Gasteiger charge is -2.15. The lowest BCUT2D eigenvalue weighted by Crippen LogP contribution is -2.31. The van der Waals surface area contributed by atoms with Crippen LogP contribution in [0, 0.1) is 0 Å². The van der Waals surface area contributed by atoms with E-state index in [1.807, 2.05) is 25.1 Å². The molecule has 0 saturated heterocycles. The first kappa shape index (κ1) is 16.8. The molecule has 0 radical (unpaired) electrons. The summed E-state index contributed by atoms with van der Waals surface area (Å²) in [6.07, 6.45) is 0. The van der Waals surface area contributed by atoms with E-state index in [1.165, 1.54) is 6.92 Å². The largest absolute Gasteiger partial charge is 0.484 e. The molecule has 0 fully saturated rings. The zero-order valence-corrected chi connectivity index (χ0v) is 14.1. The quantitative estimate of drug-likeness (QED) is 0.818. The summed E-state index contributed by atoms with van der Waals surface area (Å²) in [4.78, 5) is 23.3. The van der Waals surface area contributed by atoms with E-state index >= 15 is 0 Å². The number of Topliss-reactive ketones (excluding diaryl/α,β-unsaturated/α-hetero) is 1. The number of hydrogen-bond acceptors (Lipinski definition) is 5. The molecule has 2 aromatic rings. The van der Waals surface area contributed by atoms with Crippen LogP contribution in [0.4, 0.5) is 0 Å². The Morgan fingerprint density at radius 3 is 2.56 bits per heavy atom. The second-order valence-electron chi connectivity index (χ2n) is 5.77. The topological polar surface area (TPSA) is 73.9 Å². The third-order valence-electron chi connectivity index (χ3n) is 3.90. The van der Waals surface area contributed by atoms with Crippen molar-refractivity contribution in [2.24, 2.45) is 0 Å². The highest BCUT2D eigenvalue weighted by atomic mass is 16.7. The smallest absolute Gasteiger partial charge is 0.258 e. The number of nitrogens with one attached hydrogen (secondary N) is 1. The van der Waals surface area contributed by atoms with Crippen LogP contribution in [0.1, 0.15) is 35.8 Å². The van der Waals surface area contributed by atoms with Crippen LogP contribution in [-0.2, 0) is 4.79 Å². The van der Waals surface area contributed by atoms with Gasteiger partial charge in [0.2, 0.25) is 6.79 Å². The minimum absolute atomic E-state index is 0.0122. The van der Waals surface area contributed by atoms with Crippen LogP contribution in [0.2, 0.25) is 0 Å². The molecule has 1 aliphatic heterocycles. The predicted molar refractivity (Wildman–Crippen MR) is 91.1 cm³/mol. The van der Waals surface area contributed by atoms with Crippen LogP contribution in [0.5, 0.6) is 17.2 Å². The highest BCUT2D eigenvalue weighted by Crippen LogP contribution is 2.34. The standard InChI is InChI=1S/C19H19NO5/c1-12(15-5-8-17-18(9-15)25-11-24-17)20-19(22)10-23-16-6-3-14(4-7-16)13(2)21/h3-9,12H,10-11H2,1-2H3,(H,20,22)/t12-/m0/s1. The average Bonchev–Trinajstić information content (AvgIpc) is 3.08. The summed E-state index contributed by atoms with van der Waals surface area (Å²) in [6, 6.07) is 12.1. The fourth-order valence-electron chi connectivity index (χ4n) is 2.48. The van der Waals surface area contributed by atoms with E-state index in [0.29, 0.717) is 22.8 Å². The van der Waals surface area contributed by atoms with Gasteiger partial charge in [-0.15, -0.1) is 0 Å². The molecule has 0 aliphatic carbocycles. The molecule has 0 bridgehead atoms. The van der Waals surface area contributed by atoms with Gasteiger partial charge >= 0.3 is 0 Å². The van der Waals surface area contributed by atoms with Crippen molar-refractivity contribution in [2.75, 3.05) is 13.4 Å². The fourth-order valence-corrected chi connectivity index (χ4v) is 2.48. The Bertz CT molecular complexity index is 785. The average molecular weight is 341 g/mol. The van der Waals surface area contributed by atoms with E-state index in [0.717, 1.165) is 5.56 Å². The van der Waals surface area contributed by atoms with Crippen LogP contribution in [-0.4, -0.2) is 25.1 Å². The van der Waals surface area contributed by atoms with Gasteiger partial charge in [0.15, 0.2) is 23.9 Å². The van der Waals surface area contributed by atoms with E-state index in [-0.39, 0.29) is 31.1 Å². The van der Waals surface area contributed by atoms with Crippen LogP contribution >= 0.6 is 0 Å². The molecule has 1 N–H and O–H groups in total. The van der Waals surface area contributed by atoms with Gasteiger partial charge in [0, 0.05) is 5.56 Å². The van der Waals surface area contributed by atoms with Crippen LogP contribution in [0.3, 0.4) is 0 Å². The van der Waals surface area contributed by atoms with E-state index in [4.69, 9.17) is 14.2 Å². The first-order valence-corrected chi connectivity index (χ1v) is 7.95. The summed E-state index contributed by atoms with van der Waals surface area (Å²) in [5, 5.41) is 2.87. The summed E-state index contributed by atoms with van der Waals surface area (Å²) in [5.74, 6) is 1.68. The van der Waals surface area contributed by atoms with Gasteiger partial charge in [0.05, 0.1) is 6.04 Å². The van der Waals surface area contributed by atoms with Gasteiger partial charge in [-0.25, -0.2) is 0 Å². The molecular weight excluding hydrogens is 322 g/mol. The maximum absolute atomic E-state index is 12.1. The van der Waals surface area contributed by atoms with E-state index in [2.05, 4.69) is 5.32 Å².